The van der Waals surface area contributed by atoms with E-state index >= 15 is 0 Å². The Morgan fingerprint density at radius 2 is 2.13 bits per heavy atom. The molecule has 1 rings (SSSR count). The molecule has 0 spiro atoms. The SMILES string of the molecule is CCc1oc(C)c(OC(=O)C(C)C)c1O. The number of aromatic hydroxyl groups is 1. The van der Waals surface area contributed by atoms with Crippen LogP contribution in [0.4, 0.5) is 0 Å². The third kappa shape index (κ3) is 2.32. The van der Waals surface area contributed by atoms with Crippen LogP contribution in [-0.4, -0.2) is 11.1 Å². The fourth-order valence-electron chi connectivity index (χ4n) is 1.15. The average molecular weight is 212 g/mol. The monoisotopic (exact) mass is 212 g/mol. The minimum Gasteiger partial charge on any atom is -0.502 e. The Balaban J connectivity index is 2.95. The molecular weight excluding hydrogens is 196 g/mol. The molecule has 1 N–H and O–H groups in total. The summed E-state index contributed by atoms with van der Waals surface area (Å²) in [6.45, 7) is 6.97. The van der Waals surface area contributed by atoms with Crippen LogP contribution >= 0.6 is 0 Å². The standard InChI is InChI=1S/C11H16O4/c1-5-8-9(12)10(7(4)14-8)15-11(13)6(2)3/h6,12H,5H2,1-4H3. The maximum absolute atomic E-state index is 11.3. The molecule has 0 unspecified atom stereocenters. The van der Waals surface area contributed by atoms with Crippen LogP contribution in [0.2, 0.25) is 0 Å². The van der Waals surface area contributed by atoms with Gasteiger partial charge in [-0.3, -0.25) is 4.79 Å². The lowest BCUT2D eigenvalue weighted by Gasteiger charge is -2.05. The predicted octanol–water partition coefficient (Wildman–Crippen LogP) is 2.42. The van der Waals surface area contributed by atoms with E-state index in [1.807, 2.05) is 6.92 Å². The molecule has 0 amide bonds. The van der Waals surface area contributed by atoms with E-state index in [9.17, 15) is 9.90 Å². The number of hydrogen-bond donors (Lipinski definition) is 1. The van der Waals surface area contributed by atoms with Gasteiger partial charge in [-0.1, -0.05) is 20.8 Å². The first-order valence-electron chi connectivity index (χ1n) is 5.00. The minimum absolute atomic E-state index is 0.0657. The second-order valence-corrected chi connectivity index (χ2v) is 3.69. The van der Waals surface area contributed by atoms with E-state index in [0.717, 1.165) is 0 Å². The van der Waals surface area contributed by atoms with E-state index in [4.69, 9.17) is 9.15 Å². The number of furan rings is 1. The molecule has 1 heterocycles. The Morgan fingerprint density at radius 3 is 2.53 bits per heavy atom. The zero-order valence-corrected chi connectivity index (χ0v) is 9.46. The highest BCUT2D eigenvalue weighted by Gasteiger charge is 2.21. The van der Waals surface area contributed by atoms with E-state index in [2.05, 4.69) is 0 Å². The highest BCUT2D eigenvalue weighted by Crippen LogP contribution is 2.37. The molecule has 0 saturated carbocycles. The summed E-state index contributed by atoms with van der Waals surface area (Å²) in [5.74, 6) is 0.340. The molecule has 0 aliphatic heterocycles. The van der Waals surface area contributed by atoms with Crippen molar-refractivity contribution >= 4 is 5.97 Å². The largest absolute Gasteiger partial charge is 0.502 e. The predicted molar refractivity (Wildman–Crippen MR) is 55.0 cm³/mol. The van der Waals surface area contributed by atoms with Crippen molar-refractivity contribution in [2.75, 3.05) is 0 Å². The van der Waals surface area contributed by atoms with Gasteiger partial charge in [-0.2, -0.15) is 0 Å². The summed E-state index contributed by atoms with van der Waals surface area (Å²) >= 11 is 0. The topological polar surface area (TPSA) is 59.7 Å². The lowest BCUT2D eigenvalue weighted by molar-refractivity contribution is -0.137. The zero-order valence-electron chi connectivity index (χ0n) is 9.46. The van der Waals surface area contributed by atoms with Gasteiger partial charge in [0, 0.05) is 6.42 Å². The highest BCUT2D eigenvalue weighted by molar-refractivity contribution is 5.75. The minimum atomic E-state index is -0.378. The van der Waals surface area contributed by atoms with Crippen molar-refractivity contribution < 1.29 is 19.1 Å². The molecule has 1 aromatic heterocycles. The normalized spacial score (nSPS) is 10.7. The van der Waals surface area contributed by atoms with Crippen LogP contribution < -0.4 is 4.74 Å². The van der Waals surface area contributed by atoms with Crippen molar-refractivity contribution in [2.45, 2.75) is 34.1 Å². The van der Waals surface area contributed by atoms with Gasteiger partial charge in [0.2, 0.25) is 11.5 Å². The fraction of sp³-hybridized carbons (Fsp3) is 0.545. The number of hydrogen-bond acceptors (Lipinski definition) is 4. The Bertz CT molecular complexity index is 363. The van der Waals surface area contributed by atoms with Crippen molar-refractivity contribution in [2.24, 2.45) is 5.92 Å². The molecule has 0 aromatic carbocycles. The Hall–Kier alpha value is -1.45. The van der Waals surface area contributed by atoms with E-state index in [-0.39, 0.29) is 23.4 Å². The molecule has 0 aliphatic carbocycles. The van der Waals surface area contributed by atoms with Crippen molar-refractivity contribution in [3.05, 3.63) is 11.5 Å². The molecule has 0 fully saturated rings. The van der Waals surface area contributed by atoms with Crippen LogP contribution in [0.3, 0.4) is 0 Å². The molecule has 0 atom stereocenters. The molecule has 15 heavy (non-hydrogen) atoms. The van der Waals surface area contributed by atoms with Crippen LogP contribution in [0.5, 0.6) is 11.5 Å². The molecular formula is C11H16O4. The van der Waals surface area contributed by atoms with Gasteiger partial charge in [-0.15, -0.1) is 0 Å². The van der Waals surface area contributed by atoms with Crippen molar-refractivity contribution in [3.63, 3.8) is 0 Å². The van der Waals surface area contributed by atoms with Crippen molar-refractivity contribution in [3.8, 4) is 11.5 Å². The fourth-order valence-corrected chi connectivity index (χ4v) is 1.15. The van der Waals surface area contributed by atoms with Crippen LogP contribution in [0.1, 0.15) is 32.3 Å². The molecule has 4 heteroatoms. The van der Waals surface area contributed by atoms with Crippen LogP contribution in [0.25, 0.3) is 0 Å². The number of esters is 1. The Kier molecular flexibility index (Phi) is 3.39. The number of rotatable bonds is 3. The van der Waals surface area contributed by atoms with Crippen LogP contribution in [-0.2, 0) is 11.2 Å². The summed E-state index contributed by atoms with van der Waals surface area (Å²) in [7, 11) is 0. The third-order valence-corrected chi connectivity index (χ3v) is 2.07. The lowest BCUT2D eigenvalue weighted by Crippen LogP contribution is -2.14. The van der Waals surface area contributed by atoms with Gasteiger partial charge < -0.3 is 14.3 Å². The molecule has 0 saturated heterocycles. The maximum Gasteiger partial charge on any atom is 0.314 e. The van der Waals surface area contributed by atoms with Gasteiger partial charge in [0.1, 0.15) is 11.5 Å². The zero-order chi connectivity index (χ0) is 11.6. The van der Waals surface area contributed by atoms with Gasteiger partial charge in [0.15, 0.2) is 0 Å². The van der Waals surface area contributed by atoms with Crippen LogP contribution in [0, 0.1) is 12.8 Å². The first-order valence-corrected chi connectivity index (χ1v) is 5.00. The van der Waals surface area contributed by atoms with Crippen LogP contribution in [0.15, 0.2) is 4.42 Å². The molecule has 0 bridgehead atoms. The quantitative estimate of drug-likeness (QED) is 0.781. The summed E-state index contributed by atoms with van der Waals surface area (Å²) in [4.78, 5) is 11.3. The number of carbonyl (C=O) groups excluding carboxylic acids is 1. The molecule has 0 radical (unpaired) electrons. The van der Waals surface area contributed by atoms with Gasteiger partial charge in [-0.25, -0.2) is 0 Å². The molecule has 1 aromatic rings. The average Bonchev–Trinajstić information content (AvgIpc) is 2.44. The van der Waals surface area contributed by atoms with Crippen molar-refractivity contribution in [1.29, 1.82) is 0 Å². The molecule has 0 aliphatic rings. The van der Waals surface area contributed by atoms with E-state index in [1.165, 1.54) is 0 Å². The van der Waals surface area contributed by atoms with E-state index < -0.39 is 0 Å². The third-order valence-electron chi connectivity index (χ3n) is 2.07. The maximum atomic E-state index is 11.3. The summed E-state index contributed by atoms with van der Waals surface area (Å²) < 4.78 is 10.3. The molecule has 4 nitrogen and oxygen atoms in total. The number of carbonyl (C=O) groups is 1. The van der Waals surface area contributed by atoms with Crippen molar-refractivity contribution in [1.82, 2.24) is 0 Å². The Morgan fingerprint density at radius 1 is 1.53 bits per heavy atom. The summed E-state index contributed by atoms with van der Waals surface area (Å²) in [6.07, 6.45) is 0.561. The summed E-state index contributed by atoms with van der Waals surface area (Å²) in [5.41, 5.74) is 0. The lowest BCUT2D eigenvalue weighted by atomic mass is 10.2. The first-order chi connectivity index (χ1) is 6.97. The number of aryl methyl sites for hydroxylation is 2. The first kappa shape index (κ1) is 11.6. The summed E-state index contributed by atoms with van der Waals surface area (Å²) in [5, 5.41) is 9.67. The van der Waals surface area contributed by atoms with E-state index in [1.54, 1.807) is 20.8 Å². The Labute approximate surface area is 88.8 Å². The second-order valence-electron chi connectivity index (χ2n) is 3.69. The second kappa shape index (κ2) is 4.38. The smallest absolute Gasteiger partial charge is 0.314 e. The summed E-state index contributed by atoms with van der Waals surface area (Å²) in [6, 6.07) is 0. The van der Waals surface area contributed by atoms with Gasteiger partial charge in [0.05, 0.1) is 5.92 Å². The van der Waals surface area contributed by atoms with Gasteiger partial charge >= 0.3 is 5.97 Å². The highest BCUT2D eigenvalue weighted by atomic mass is 16.6. The van der Waals surface area contributed by atoms with Gasteiger partial charge in [-0.05, 0) is 6.92 Å². The number of ether oxygens (including phenoxy) is 1. The molecule has 84 valence electrons. The van der Waals surface area contributed by atoms with Gasteiger partial charge in [0.25, 0.3) is 0 Å². The van der Waals surface area contributed by atoms with E-state index in [0.29, 0.717) is 17.9 Å².